The molecule has 0 aromatic heterocycles. The molecule has 3 N–H and O–H groups in total. The third-order valence-electron chi connectivity index (χ3n) is 4.28. The number of hydrogen-bond acceptors (Lipinski definition) is 4. The van der Waals surface area contributed by atoms with E-state index in [2.05, 4.69) is 22.9 Å². The third kappa shape index (κ3) is 3.40. The Kier molecular flexibility index (Phi) is 4.61. The molecule has 2 aromatic rings. The minimum absolute atomic E-state index is 0.321. The molecule has 2 atom stereocenters. The molecule has 4 heteroatoms. The van der Waals surface area contributed by atoms with Crippen LogP contribution in [0.1, 0.15) is 35.9 Å². The molecule has 0 radical (unpaired) electrons. The minimum atomic E-state index is 0.321. The number of piperidine rings is 1. The van der Waals surface area contributed by atoms with Gasteiger partial charge in [0.1, 0.15) is 11.5 Å². The van der Waals surface area contributed by atoms with Gasteiger partial charge in [-0.05, 0) is 54.2 Å². The average molecular weight is 298 g/mol. The molecular weight excluding hydrogens is 276 g/mol. The summed E-state index contributed by atoms with van der Waals surface area (Å²) in [6, 6.07) is 16.2. The van der Waals surface area contributed by atoms with Crippen molar-refractivity contribution in [3.8, 4) is 11.5 Å². The molecule has 1 aliphatic rings. The highest BCUT2D eigenvalue weighted by molar-refractivity contribution is 5.31. The quantitative estimate of drug-likeness (QED) is 0.759. The average Bonchev–Trinajstić information content (AvgIpc) is 2.57. The molecule has 4 nitrogen and oxygen atoms in total. The van der Waals surface area contributed by atoms with Crippen LogP contribution in [0.4, 0.5) is 0 Å². The first-order valence-electron chi connectivity index (χ1n) is 7.72. The number of hydrogen-bond donors (Lipinski definition) is 3. The van der Waals surface area contributed by atoms with Gasteiger partial charge in [0.15, 0.2) is 0 Å². The predicted molar refractivity (Wildman–Crippen MR) is 87.0 cm³/mol. The first-order chi connectivity index (χ1) is 10.8. The smallest absolute Gasteiger partial charge is 0.147 e. The number of phenolic OH excluding ortho intramolecular Hbond substituents is 1. The van der Waals surface area contributed by atoms with Crippen LogP contribution in [0, 0.1) is 0 Å². The van der Waals surface area contributed by atoms with E-state index in [-0.39, 0.29) is 0 Å². The largest absolute Gasteiger partial charge is 0.508 e. The van der Waals surface area contributed by atoms with Crippen LogP contribution in [-0.4, -0.2) is 18.7 Å². The lowest BCUT2D eigenvalue weighted by Gasteiger charge is -2.30. The van der Waals surface area contributed by atoms with Gasteiger partial charge < -0.3 is 15.3 Å². The minimum Gasteiger partial charge on any atom is -0.508 e. The van der Waals surface area contributed by atoms with Crippen LogP contribution < -0.4 is 15.6 Å². The Morgan fingerprint density at radius 1 is 1.00 bits per heavy atom. The van der Waals surface area contributed by atoms with E-state index in [1.165, 1.54) is 11.1 Å². The van der Waals surface area contributed by atoms with E-state index in [1.54, 1.807) is 19.2 Å². The Morgan fingerprint density at radius 2 is 1.68 bits per heavy atom. The second kappa shape index (κ2) is 6.81. The Balaban J connectivity index is 1.60. The third-order valence-corrected chi connectivity index (χ3v) is 4.28. The molecule has 0 aliphatic carbocycles. The molecule has 116 valence electrons. The molecule has 22 heavy (non-hydrogen) atoms. The lowest BCUT2D eigenvalue weighted by Crippen LogP contribution is -2.32. The molecule has 2 unspecified atom stereocenters. The summed E-state index contributed by atoms with van der Waals surface area (Å²) in [4.78, 5) is 5.25. The monoisotopic (exact) mass is 298 g/mol. The zero-order chi connectivity index (χ0) is 15.4. The lowest BCUT2D eigenvalue weighted by atomic mass is 9.86. The Labute approximate surface area is 131 Å². The molecule has 1 saturated heterocycles. The topological polar surface area (TPSA) is 53.5 Å². The maximum atomic E-state index is 9.37. The second-order valence-corrected chi connectivity index (χ2v) is 5.70. The van der Waals surface area contributed by atoms with Crippen molar-refractivity contribution in [3.63, 3.8) is 0 Å². The molecule has 0 saturated carbocycles. The number of hydroxylamine groups is 1. The number of aromatic hydroxyl groups is 1. The summed E-state index contributed by atoms with van der Waals surface area (Å²) in [5.74, 6) is 1.69. The zero-order valence-electron chi connectivity index (χ0n) is 12.8. The van der Waals surface area contributed by atoms with E-state index in [4.69, 9.17) is 4.84 Å². The normalized spacial score (nSPS) is 21.5. The van der Waals surface area contributed by atoms with Crippen molar-refractivity contribution in [2.24, 2.45) is 0 Å². The molecule has 1 fully saturated rings. The predicted octanol–water partition coefficient (Wildman–Crippen LogP) is 3.11. The summed E-state index contributed by atoms with van der Waals surface area (Å²) in [7, 11) is 1.75. The Bertz CT molecular complexity index is 587. The van der Waals surface area contributed by atoms with Gasteiger partial charge in [-0.3, -0.25) is 0 Å². The number of rotatable bonds is 4. The standard InChI is InChI=1S/C18H22N2O2/c1-19-22-17-9-4-13(5-10-17)15-6-11-18(20-12-15)14-2-7-16(21)8-3-14/h2-5,7-10,15,18-21H,6,11-12H2,1H3. The van der Waals surface area contributed by atoms with E-state index in [1.807, 2.05) is 24.3 Å². The van der Waals surface area contributed by atoms with Crippen LogP contribution in [0.2, 0.25) is 0 Å². The van der Waals surface area contributed by atoms with Crippen LogP contribution in [0.15, 0.2) is 48.5 Å². The van der Waals surface area contributed by atoms with Gasteiger partial charge in [0.25, 0.3) is 0 Å². The maximum Gasteiger partial charge on any atom is 0.147 e. The first kappa shape index (κ1) is 14.9. The van der Waals surface area contributed by atoms with Gasteiger partial charge in [-0.2, -0.15) is 5.48 Å². The summed E-state index contributed by atoms with van der Waals surface area (Å²) in [6.07, 6.45) is 2.26. The van der Waals surface area contributed by atoms with Crippen molar-refractivity contribution in [1.29, 1.82) is 0 Å². The van der Waals surface area contributed by atoms with Gasteiger partial charge in [0.2, 0.25) is 0 Å². The van der Waals surface area contributed by atoms with Gasteiger partial charge in [0.05, 0.1) is 0 Å². The summed E-state index contributed by atoms with van der Waals surface area (Å²) >= 11 is 0. The van der Waals surface area contributed by atoms with Crippen molar-refractivity contribution in [2.45, 2.75) is 24.8 Å². The molecule has 0 spiro atoms. The summed E-state index contributed by atoms with van der Waals surface area (Å²) < 4.78 is 0. The van der Waals surface area contributed by atoms with Gasteiger partial charge in [-0.15, -0.1) is 0 Å². The SMILES string of the molecule is CNOc1ccc(C2CCC(c3ccc(O)cc3)NC2)cc1. The summed E-state index contributed by atoms with van der Waals surface area (Å²) in [5, 5.41) is 13.0. The van der Waals surface area contributed by atoms with Crippen LogP contribution in [-0.2, 0) is 0 Å². The van der Waals surface area contributed by atoms with Gasteiger partial charge in [-0.1, -0.05) is 24.3 Å². The van der Waals surface area contributed by atoms with Crippen LogP contribution in [0.3, 0.4) is 0 Å². The van der Waals surface area contributed by atoms with E-state index in [0.717, 1.165) is 25.1 Å². The Morgan fingerprint density at radius 3 is 2.27 bits per heavy atom. The van der Waals surface area contributed by atoms with Crippen LogP contribution in [0.5, 0.6) is 11.5 Å². The Hall–Kier alpha value is -2.04. The van der Waals surface area contributed by atoms with Crippen molar-refractivity contribution in [2.75, 3.05) is 13.6 Å². The number of phenols is 1. The van der Waals surface area contributed by atoms with Crippen LogP contribution >= 0.6 is 0 Å². The van der Waals surface area contributed by atoms with Crippen molar-refractivity contribution in [1.82, 2.24) is 10.8 Å². The van der Waals surface area contributed by atoms with E-state index in [9.17, 15) is 5.11 Å². The highest BCUT2D eigenvalue weighted by atomic mass is 16.6. The molecular formula is C18H22N2O2. The second-order valence-electron chi connectivity index (χ2n) is 5.70. The van der Waals surface area contributed by atoms with Crippen LogP contribution in [0.25, 0.3) is 0 Å². The number of benzene rings is 2. The van der Waals surface area contributed by atoms with Crippen molar-refractivity contribution in [3.05, 3.63) is 59.7 Å². The molecule has 0 amide bonds. The molecule has 3 rings (SSSR count). The molecule has 0 bridgehead atoms. The lowest BCUT2D eigenvalue weighted by molar-refractivity contribution is 0.223. The van der Waals surface area contributed by atoms with E-state index in [0.29, 0.717) is 17.7 Å². The van der Waals surface area contributed by atoms with Crippen molar-refractivity contribution >= 4 is 0 Å². The number of nitrogens with one attached hydrogen (secondary N) is 2. The molecule has 1 heterocycles. The van der Waals surface area contributed by atoms with Gasteiger partial charge in [0, 0.05) is 19.6 Å². The fourth-order valence-corrected chi connectivity index (χ4v) is 3.06. The van der Waals surface area contributed by atoms with E-state index < -0.39 is 0 Å². The fraction of sp³-hybridized carbons (Fsp3) is 0.333. The summed E-state index contributed by atoms with van der Waals surface area (Å²) in [6.45, 7) is 0.970. The van der Waals surface area contributed by atoms with Gasteiger partial charge >= 0.3 is 0 Å². The highest BCUT2D eigenvalue weighted by Crippen LogP contribution is 2.32. The zero-order valence-corrected chi connectivity index (χ0v) is 12.8. The maximum absolute atomic E-state index is 9.37. The van der Waals surface area contributed by atoms with Gasteiger partial charge in [-0.25, -0.2) is 0 Å². The van der Waals surface area contributed by atoms with E-state index >= 15 is 0 Å². The van der Waals surface area contributed by atoms with Crippen molar-refractivity contribution < 1.29 is 9.94 Å². The first-order valence-corrected chi connectivity index (χ1v) is 7.72. The highest BCUT2D eigenvalue weighted by Gasteiger charge is 2.22. The molecule has 1 aliphatic heterocycles. The summed E-state index contributed by atoms with van der Waals surface area (Å²) in [5.41, 5.74) is 5.27. The molecule has 2 aromatic carbocycles. The fourth-order valence-electron chi connectivity index (χ4n) is 3.06.